The van der Waals surface area contributed by atoms with E-state index in [1.54, 1.807) is 0 Å². The van der Waals surface area contributed by atoms with E-state index in [1.807, 2.05) is 37.2 Å². The third-order valence-corrected chi connectivity index (χ3v) is 3.27. The number of amides is 1. The summed E-state index contributed by atoms with van der Waals surface area (Å²) in [6, 6.07) is 5.44. The quantitative estimate of drug-likeness (QED) is 0.707. The first-order valence-corrected chi connectivity index (χ1v) is 5.98. The highest BCUT2D eigenvalue weighted by atomic mass is 16.3. The summed E-state index contributed by atoms with van der Waals surface area (Å²) in [6.07, 6.45) is 0.414. The van der Waals surface area contributed by atoms with Crippen LogP contribution in [-0.4, -0.2) is 42.7 Å². The molecule has 0 aromatic heterocycles. The average Bonchev–Trinajstić information content (AvgIpc) is 2.68. The molecule has 1 aliphatic rings. The molecule has 1 aromatic carbocycles. The topological polar surface area (TPSA) is 78.6 Å². The van der Waals surface area contributed by atoms with E-state index >= 15 is 0 Å². The molecule has 0 radical (unpaired) electrons. The van der Waals surface area contributed by atoms with E-state index in [1.165, 1.54) is 0 Å². The fourth-order valence-corrected chi connectivity index (χ4v) is 2.46. The van der Waals surface area contributed by atoms with Gasteiger partial charge in [0, 0.05) is 11.7 Å². The number of hydrogen-bond acceptors (Lipinski definition) is 4. The first kappa shape index (κ1) is 13.0. The Morgan fingerprint density at radius 3 is 2.83 bits per heavy atom. The normalized spacial score (nSPS) is 17.5. The number of carbonyl (C=O) groups is 1. The van der Waals surface area contributed by atoms with Gasteiger partial charge in [0.2, 0.25) is 5.91 Å². The molecular weight excluding hydrogens is 230 g/mol. The number of hydrogen-bond donors (Lipinski definition) is 3. The molecule has 2 atom stereocenters. The number of nitrogens with one attached hydrogen (secondary N) is 1. The van der Waals surface area contributed by atoms with E-state index in [2.05, 4.69) is 5.32 Å². The molecule has 0 aliphatic carbocycles. The van der Waals surface area contributed by atoms with Crippen molar-refractivity contribution in [2.24, 2.45) is 5.73 Å². The van der Waals surface area contributed by atoms with Crippen molar-refractivity contribution in [3.05, 3.63) is 29.3 Å². The zero-order valence-corrected chi connectivity index (χ0v) is 10.7. The van der Waals surface area contributed by atoms with Crippen molar-refractivity contribution in [3.63, 3.8) is 0 Å². The monoisotopic (exact) mass is 249 g/mol. The van der Waals surface area contributed by atoms with Gasteiger partial charge in [0.1, 0.15) is 0 Å². The highest BCUT2D eigenvalue weighted by molar-refractivity contribution is 5.99. The first-order valence-electron chi connectivity index (χ1n) is 5.98. The lowest BCUT2D eigenvalue weighted by Gasteiger charge is -2.29. The summed E-state index contributed by atoms with van der Waals surface area (Å²) in [5, 5.41) is 12.0. The van der Waals surface area contributed by atoms with Crippen molar-refractivity contribution < 1.29 is 9.90 Å². The molecule has 4 N–H and O–H groups in total. The number of benzene rings is 1. The highest BCUT2D eigenvalue weighted by Gasteiger charge is 2.24. The Labute approximate surface area is 107 Å². The number of nitrogens with two attached hydrogens (primary N) is 1. The Balaban J connectivity index is 2.32. The minimum Gasteiger partial charge on any atom is -0.395 e. The maximum Gasteiger partial charge on any atom is 0.228 e. The predicted octanol–water partition coefficient (Wildman–Crippen LogP) is 0.103. The van der Waals surface area contributed by atoms with E-state index in [9.17, 15) is 9.90 Å². The van der Waals surface area contributed by atoms with E-state index < -0.39 is 0 Å². The van der Waals surface area contributed by atoms with Crippen molar-refractivity contribution in [3.8, 4) is 0 Å². The molecule has 2 rings (SSSR count). The molecule has 0 spiro atoms. The van der Waals surface area contributed by atoms with Gasteiger partial charge in [0.05, 0.1) is 19.1 Å². The maximum atomic E-state index is 11.3. The Kier molecular flexibility index (Phi) is 3.65. The van der Waals surface area contributed by atoms with E-state index in [0.717, 1.165) is 16.8 Å². The predicted molar refractivity (Wildman–Crippen MR) is 70.3 cm³/mol. The standard InChI is InChI=1S/C13H19N3O2/c1-16(2)13(10(14)7-17)8-3-4-11-9(5-8)6-12(18)15-11/h3-5,10,13,17H,6-7,14H2,1-2H3,(H,15,18). The van der Waals surface area contributed by atoms with Gasteiger partial charge in [-0.1, -0.05) is 12.1 Å². The van der Waals surface area contributed by atoms with Gasteiger partial charge >= 0.3 is 0 Å². The van der Waals surface area contributed by atoms with Crippen LogP contribution in [0.1, 0.15) is 17.2 Å². The summed E-state index contributed by atoms with van der Waals surface area (Å²) in [6.45, 7) is -0.0723. The summed E-state index contributed by atoms with van der Waals surface area (Å²) in [5.41, 5.74) is 8.84. The third kappa shape index (κ3) is 2.38. The van der Waals surface area contributed by atoms with Crippen LogP contribution in [0.4, 0.5) is 5.69 Å². The molecule has 0 saturated carbocycles. The van der Waals surface area contributed by atoms with Gasteiger partial charge in [-0.3, -0.25) is 4.79 Å². The van der Waals surface area contributed by atoms with Crippen LogP contribution >= 0.6 is 0 Å². The van der Waals surface area contributed by atoms with Crippen molar-refractivity contribution in [1.82, 2.24) is 4.90 Å². The van der Waals surface area contributed by atoms with Gasteiger partial charge in [0.15, 0.2) is 0 Å². The van der Waals surface area contributed by atoms with Crippen LogP contribution in [0.15, 0.2) is 18.2 Å². The maximum absolute atomic E-state index is 11.3. The van der Waals surface area contributed by atoms with Gasteiger partial charge in [0.25, 0.3) is 0 Å². The molecule has 5 heteroatoms. The first-order chi connectivity index (χ1) is 8.52. The van der Waals surface area contributed by atoms with Crippen LogP contribution in [-0.2, 0) is 11.2 Å². The summed E-state index contributed by atoms with van der Waals surface area (Å²) in [4.78, 5) is 13.3. The van der Waals surface area contributed by atoms with Gasteiger partial charge in [-0.15, -0.1) is 0 Å². The smallest absolute Gasteiger partial charge is 0.228 e. The van der Waals surface area contributed by atoms with Crippen molar-refractivity contribution in [2.75, 3.05) is 26.0 Å². The molecule has 5 nitrogen and oxygen atoms in total. The lowest BCUT2D eigenvalue weighted by atomic mass is 9.96. The molecule has 1 aliphatic heterocycles. The lowest BCUT2D eigenvalue weighted by molar-refractivity contribution is -0.115. The average molecular weight is 249 g/mol. The summed E-state index contributed by atoms with van der Waals surface area (Å²) >= 11 is 0. The van der Waals surface area contributed by atoms with Crippen LogP contribution in [0.3, 0.4) is 0 Å². The minimum atomic E-state index is -0.344. The second kappa shape index (κ2) is 5.06. The van der Waals surface area contributed by atoms with Gasteiger partial charge in [-0.25, -0.2) is 0 Å². The molecule has 1 aromatic rings. The van der Waals surface area contributed by atoms with Crippen molar-refractivity contribution in [1.29, 1.82) is 0 Å². The van der Waals surface area contributed by atoms with E-state index in [0.29, 0.717) is 6.42 Å². The van der Waals surface area contributed by atoms with Gasteiger partial charge < -0.3 is 21.1 Å². The zero-order valence-electron chi connectivity index (χ0n) is 10.7. The summed E-state index contributed by atoms with van der Waals surface area (Å²) < 4.78 is 0. The fraction of sp³-hybridized carbons (Fsp3) is 0.462. The Morgan fingerprint density at radius 1 is 1.50 bits per heavy atom. The van der Waals surface area contributed by atoms with Crippen molar-refractivity contribution >= 4 is 11.6 Å². The molecule has 1 amide bonds. The SMILES string of the molecule is CN(C)C(c1ccc2c(c1)CC(=O)N2)C(N)CO. The molecule has 98 valence electrons. The zero-order chi connectivity index (χ0) is 13.3. The molecular formula is C13H19N3O2. The second-order valence-corrected chi connectivity index (χ2v) is 4.90. The summed E-state index contributed by atoms with van der Waals surface area (Å²) in [5.74, 6) is 0.0232. The van der Waals surface area contributed by atoms with Crippen LogP contribution in [0.2, 0.25) is 0 Å². The molecule has 2 unspecified atom stereocenters. The van der Waals surface area contributed by atoms with E-state index in [4.69, 9.17) is 5.73 Å². The van der Waals surface area contributed by atoms with Crippen LogP contribution in [0.25, 0.3) is 0 Å². The molecule has 0 saturated heterocycles. The number of likely N-dealkylation sites (N-methyl/N-ethyl adjacent to an activating group) is 1. The molecule has 0 fully saturated rings. The van der Waals surface area contributed by atoms with Gasteiger partial charge in [-0.2, -0.15) is 0 Å². The number of carbonyl (C=O) groups excluding carboxylic acids is 1. The number of fused-ring (bicyclic) bond motifs is 1. The fourth-order valence-electron chi connectivity index (χ4n) is 2.46. The van der Waals surface area contributed by atoms with Crippen molar-refractivity contribution in [2.45, 2.75) is 18.5 Å². The highest BCUT2D eigenvalue weighted by Crippen LogP contribution is 2.29. The second-order valence-electron chi connectivity index (χ2n) is 4.90. The molecule has 18 heavy (non-hydrogen) atoms. The summed E-state index contributed by atoms with van der Waals surface area (Å²) in [7, 11) is 3.85. The number of aliphatic hydroxyl groups excluding tert-OH is 1. The minimum absolute atomic E-state index is 0.0232. The van der Waals surface area contributed by atoms with Gasteiger partial charge in [-0.05, 0) is 31.3 Å². The number of aliphatic hydroxyl groups is 1. The molecule has 0 bridgehead atoms. The third-order valence-electron chi connectivity index (χ3n) is 3.27. The van der Waals surface area contributed by atoms with Crippen LogP contribution < -0.4 is 11.1 Å². The van der Waals surface area contributed by atoms with Crippen LogP contribution in [0.5, 0.6) is 0 Å². The molecule has 1 heterocycles. The number of rotatable bonds is 4. The lowest BCUT2D eigenvalue weighted by Crippen LogP contribution is -2.39. The Hall–Kier alpha value is -1.43. The van der Waals surface area contributed by atoms with Crippen LogP contribution in [0, 0.1) is 0 Å². The Bertz CT molecular complexity index is 460. The largest absolute Gasteiger partial charge is 0.395 e. The number of anilines is 1. The number of nitrogens with zero attached hydrogens (tertiary/aromatic N) is 1. The van der Waals surface area contributed by atoms with E-state index in [-0.39, 0.29) is 24.6 Å². The Morgan fingerprint density at radius 2 is 2.22 bits per heavy atom.